The molecule has 1 aliphatic carbocycles. The first-order valence-corrected chi connectivity index (χ1v) is 8.77. The molecule has 3 rings (SSSR count). The van der Waals surface area contributed by atoms with Gasteiger partial charge < -0.3 is 10.8 Å². The maximum Gasteiger partial charge on any atom is 0.328 e. The summed E-state index contributed by atoms with van der Waals surface area (Å²) >= 11 is 0. The Morgan fingerprint density at radius 1 is 1.15 bits per heavy atom. The number of carbonyl (C=O) groups is 4. The molecule has 1 aliphatic heterocycles. The number of allylic oxidation sites excluding steroid dienone is 1. The standard InChI is InChI=1S/C12H16N2O3.C7H7NO2/c1-2-12(8-6-4-3-5-7-8)9(15)13-11(17)14-10(12)16;8-7(10)5-3-1-2-4-6(5)9/h6H,2-5,7H2,1H3,(H2,13,14,15,16,17);1-4,9H,(H2,8,10). The summed E-state index contributed by atoms with van der Waals surface area (Å²) in [6.07, 6.45) is 6.08. The normalized spacial score (nSPS) is 18.4. The van der Waals surface area contributed by atoms with Crippen LogP contribution in [0.15, 0.2) is 35.9 Å². The molecule has 0 spiro atoms. The van der Waals surface area contributed by atoms with E-state index in [-0.39, 0.29) is 11.3 Å². The molecule has 8 nitrogen and oxygen atoms in total. The molecule has 0 radical (unpaired) electrons. The highest BCUT2D eigenvalue weighted by Gasteiger charge is 2.51. The van der Waals surface area contributed by atoms with Gasteiger partial charge in [-0.3, -0.25) is 25.0 Å². The third-order valence-electron chi connectivity index (χ3n) is 4.77. The van der Waals surface area contributed by atoms with E-state index >= 15 is 0 Å². The minimum Gasteiger partial charge on any atom is -0.507 e. The number of primary amides is 1. The SMILES string of the molecule is CCC1(C2=CCCCC2)C(=O)NC(=O)NC1=O.NC(=O)c1ccccc1O. The van der Waals surface area contributed by atoms with Gasteiger partial charge in [0.2, 0.25) is 11.8 Å². The fourth-order valence-corrected chi connectivity index (χ4v) is 3.30. The van der Waals surface area contributed by atoms with Gasteiger partial charge in [0, 0.05) is 0 Å². The molecule has 1 fully saturated rings. The molecule has 1 aromatic rings. The molecule has 0 aromatic heterocycles. The fourth-order valence-electron chi connectivity index (χ4n) is 3.30. The number of para-hydroxylation sites is 1. The molecule has 1 heterocycles. The van der Waals surface area contributed by atoms with Crippen LogP contribution in [0.1, 0.15) is 49.4 Å². The molecule has 1 aromatic carbocycles. The number of rotatable bonds is 3. The number of imide groups is 2. The summed E-state index contributed by atoms with van der Waals surface area (Å²) in [4.78, 5) is 45.6. The highest BCUT2D eigenvalue weighted by molar-refractivity contribution is 6.21. The molecule has 0 atom stereocenters. The number of carbonyl (C=O) groups excluding carboxylic acids is 4. The van der Waals surface area contributed by atoms with Crippen molar-refractivity contribution in [3.05, 3.63) is 41.5 Å². The van der Waals surface area contributed by atoms with Gasteiger partial charge in [0.25, 0.3) is 5.91 Å². The number of nitrogens with one attached hydrogen (secondary N) is 2. The van der Waals surface area contributed by atoms with Gasteiger partial charge in [-0.25, -0.2) is 4.79 Å². The van der Waals surface area contributed by atoms with E-state index < -0.39 is 29.2 Å². The van der Waals surface area contributed by atoms with Crippen LogP contribution >= 0.6 is 0 Å². The Hall–Kier alpha value is -3.16. The smallest absolute Gasteiger partial charge is 0.328 e. The Balaban J connectivity index is 0.000000223. The van der Waals surface area contributed by atoms with Crippen LogP contribution in [0, 0.1) is 5.41 Å². The van der Waals surface area contributed by atoms with E-state index in [1.807, 2.05) is 6.08 Å². The van der Waals surface area contributed by atoms with Crippen molar-refractivity contribution >= 4 is 23.8 Å². The molecule has 5 N–H and O–H groups in total. The summed E-state index contributed by atoms with van der Waals surface area (Å²) in [5, 5.41) is 13.4. The van der Waals surface area contributed by atoms with Gasteiger partial charge in [-0.15, -0.1) is 0 Å². The predicted molar refractivity (Wildman–Crippen MR) is 97.6 cm³/mol. The number of urea groups is 1. The Morgan fingerprint density at radius 2 is 1.78 bits per heavy atom. The van der Waals surface area contributed by atoms with E-state index in [2.05, 4.69) is 10.6 Å². The maximum atomic E-state index is 12.0. The Morgan fingerprint density at radius 3 is 2.22 bits per heavy atom. The van der Waals surface area contributed by atoms with E-state index in [1.54, 1.807) is 19.1 Å². The van der Waals surface area contributed by atoms with Crippen molar-refractivity contribution in [3.63, 3.8) is 0 Å². The molecule has 0 saturated carbocycles. The molecular formula is C19H23N3O5. The molecule has 2 aliphatic rings. The third-order valence-corrected chi connectivity index (χ3v) is 4.77. The third kappa shape index (κ3) is 4.16. The number of nitrogens with two attached hydrogens (primary N) is 1. The predicted octanol–water partition coefficient (Wildman–Crippen LogP) is 1.74. The highest BCUT2D eigenvalue weighted by atomic mass is 16.3. The van der Waals surface area contributed by atoms with Gasteiger partial charge in [0.05, 0.1) is 5.56 Å². The number of benzene rings is 1. The van der Waals surface area contributed by atoms with Gasteiger partial charge >= 0.3 is 6.03 Å². The van der Waals surface area contributed by atoms with E-state index in [4.69, 9.17) is 10.8 Å². The number of amides is 5. The van der Waals surface area contributed by atoms with Gasteiger partial charge in [-0.05, 0) is 49.8 Å². The quantitative estimate of drug-likeness (QED) is 0.472. The van der Waals surface area contributed by atoms with Gasteiger partial charge in [0.1, 0.15) is 11.2 Å². The van der Waals surface area contributed by atoms with Crippen molar-refractivity contribution in [1.29, 1.82) is 0 Å². The van der Waals surface area contributed by atoms with Crippen LogP contribution in [0.5, 0.6) is 5.75 Å². The van der Waals surface area contributed by atoms with E-state index in [0.29, 0.717) is 6.42 Å². The maximum absolute atomic E-state index is 12.0. The van der Waals surface area contributed by atoms with Crippen LogP contribution in [-0.4, -0.2) is 28.9 Å². The molecule has 0 bridgehead atoms. The zero-order chi connectivity index (χ0) is 20.0. The molecule has 5 amide bonds. The van der Waals surface area contributed by atoms with Gasteiger partial charge in [-0.1, -0.05) is 25.1 Å². The van der Waals surface area contributed by atoms with Crippen molar-refractivity contribution in [1.82, 2.24) is 10.6 Å². The van der Waals surface area contributed by atoms with Crippen LogP contribution in [-0.2, 0) is 9.59 Å². The van der Waals surface area contributed by atoms with Crippen molar-refractivity contribution in [2.45, 2.75) is 39.0 Å². The Labute approximate surface area is 156 Å². The lowest BCUT2D eigenvalue weighted by Crippen LogP contribution is -2.63. The molecule has 27 heavy (non-hydrogen) atoms. The molecule has 8 heteroatoms. The van der Waals surface area contributed by atoms with E-state index in [1.165, 1.54) is 12.1 Å². The summed E-state index contributed by atoms with van der Waals surface area (Å²) in [6, 6.07) is 5.43. The number of barbiturate groups is 1. The van der Waals surface area contributed by atoms with Crippen molar-refractivity contribution in [2.24, 2.45) is 11.1 Å². The fraction of sp³-hybridized carbons (Fsp3) is 0.368. The zero-order valence-electron chi connectivity index (χ0n) is 15.1. The summed E-state index contributed by atoms with van der Waals surface area (Å²) < 4.78 is 0. The van der Waals surface area contributed by atoms with Crippen LogP contribution in [0.3, 0.4) is 0 Å². The first kappa shape index (κ1) is 20.2. The zero-order valence-corrected chi connectivity index (χ0v) is 15.1. The minimum absolute atomic E-state index is 0.0741. The summed E-state index contributed by atoms with van der Waals surface area (Å²) in [6.45, 7) is 1.80. The van der Waals surface area contributed by atoms with Crippen LogP contribution < -0.4 is 16.4 Å². The average molecular weight is 373 g/mol. The lowest BCUT2D eigenvalue weighted by Gasteiger charge is -2.36. The van der Waals surface area contributed by atoms with Crippen molar-refractivity contribution in [3.8, 4) is 5.75 Å². The summed E-state index contributed by atoms with van der Waals surface area (Å²) in [7, 11) is 0. The number of hydrogen-bond acceptors (Lipinski definition) is 5. The van der Waals surface area contributed by atoms with E-state index in [9.17, 15) is 19.2 Å². The lowest BCUT2D eigenvalue weighted by molar-refractivity contribution is -0.142. The van der Waals surface area contributed by atoms with Gasteiger partial charge in [0.15, 0.2) is 0 Å². The number of aromatic hydroxyl groups is 1. The van der Waals surface area contributed by atoms with Gasteiger partial charge in [-0.2, -0.15) is 0 Å². The molecule has 0 unspecified atom stereocenters. The monoisotopic (exact) mass is 373 g/mol. The van der Waals surface area contributed by atoms with Crippen molar-refractivity contribution < 1.29 is 24.3 Å². The largest absolute Gasteiger partial charge is 0.507 e. The lowest BCUT2D eigenvalue weighted by atomic mass is 9.71. The first-order chi connectivity index (χ1) is 12.8. The summed E-state index contributed by atoms with van der Waals surface area (Å²) in [5.41, 5.74) is 4.75. The second kappa shape index (κ2) is 8.48. The van der Waals surface area contributed by atoms with Crippen LogP contribution in [0.2, 0.25) is 0 Å². The highest BCUT2D eigenvalue weighted by Crippen LogP contribution is 2.39. The van der Waals surface area contributed by atoms with Crippen LogP contribution in [0.4, 0.5) is 4.79 Å². The van der Waals surface area contributed by atoms with Crippen molar-refractivity contribution in [2.75, 3.05) is 0 Å². The van der Waals surface area contributed by atoms with E-state index in [0.717, 1.165) is 31.3 Å². The number of hydrogen-bond donors (Lipinski definition) is 4. The second-order valence-electron chi connectivity index (χ2n) is 6.35. The topological polar surface area (TPSA) is 139 Å². The minimum atomic E-state index is -1.17. The Kier molecular flexibility index (Phi) is 6.33. The molecule has 144 valence electrons. The summed E-state index contributed by atoms with van der Waals surface area (Å²) in [5.74, 6) is -1.66. The first-order valence-electron chi connectivity index (χ1n) is 8.77. The molecular weight excluding hydrogens is 350 g/mol. The molecule has 1 saturated heterocycles. The Bertz CT molecular complexity index is 780. The number of phenols is 1. The second-order valence-corrected chi connectivity index (χ2v) is 6.35. The average Bonchev–Trinajstić information content (AvgIpc) is 2.63. The van der Waals surface area contributed by atoms with Crippen LogP contribution in [0.25, 0.3) is 0 Å².